The lowest BCUT2D eigenvalue weighted by molar-refractivity contribution is -0.0390. The van der Waals surface area contributed by atoms with E-state index in [2.05, 4.69) is 17.0 Å². The highest BCUT2D eigenvalue weighted by Gasteiger charge is 2.17. The van der Waals surface area contributed by atoms with Crippen LogP contribution in [-0.2, 0) is 4.74 Å². The summed E-state index contributed by atoms with van der Waals surface area (Å²) in [5, 5.41) is 4.57. The number of hydrogen-bond acceptors (Lipinski definition) is 3. The van der Waals surface area contributed by atoms with E-state index in [0.717, 1.165) is 30.5 Å². The number of nitrogens with zero attached hydrogens (tertiary/aromatic N) is 3. The molecule has 84 valence electrons. The summed E-state index contributed by atoms with van der Waals surface area (Å²) in [4.78, 5) is 4.32. The Hall–Kier alpha value is -1.42. The van der Waals surface area contributed by atoms with Crippen LogP contribution in [0.4, 0.5) is 0 Å². The molecule has 0 aliphatic carbocycles. The van der Waals surface area contributed by atoms with E-state index in [4.69, 9.17) is 4.74 Å². The van der Waals surface area contributed by atoms with Gasteiger partial charge in [0.15, 0.2) is 0 Å². The van der Waals surface area contributed by atoms with Crippen LogP contribution in [0.15, 0.2) is 18.5 Å². The van der Waals surface area contributed by atoms with Crippen LogP contribution in [0.2, 0.25) is 0 Å². The Bertz CT molecular complexity index is 500. The number of aryl methyl sites for hydroxylation is 1. The highest BCUT2D eigenvalue weighted by molar-refractivity contribution is 5.76. The summed E-state index contributed by atoms with van der Waals surface area (Å²) < 4.78 is 7.63. The fourth-order valence-electron chi connectivity index (χ4n) is 2.15. The van der Waals surface area contributed by atoms with Crippen LogP contribution in [0.5, 0.6) is 0 Å². The van der Waals surface area contributed by atoms with Gasteiger partial charge in [0.2, 0.25) is 0 Å². The second-order valence-corrected chi connectivity index (χ2v) is 4.29. The summed E-state index contributed by atoms with van der Waals surface area (Å²) in [5.74, 6) is 0. The van der Waals surface area contributed by atoms with Crippen molar-refractivity contribution in [2.24, 2.45) is 0 Å². The normalized spacial score (nSPS) is 21.4. The van der Waals surface area contributed by atoms with Crippen LogP contribution in [0.1, 0.15) is 31.1 Å². The molecule has 0 N–H and O–H groups in total. The van der Waals surface area contributed by atoms with Gasteiger partial charge >= 0.3 is 0 Å². The number of aromatic nitrogens is 3. The lowest BCUT2D eigenvalue weighted by Crippen LogP contribution is -2.18. The van der Waals surface area contributed by atoms with Crippen LogP contribution in [0, 0.1) is 6.92 Å². The molecule has 4 nitrogen and oxygen atoms in total. The number of rotatable bonds is 1. The van der Waals surface area contributed by atoms with Crippen LogP contribution in [0.25, 0.3) is 11.0 Å². The van der Waals surface area contributed by atoms with Crippen molar-refractivity contribution in [1.29, 1.82) is 0 Å². The number of fused-ring (bicyclic) bond motifs is 1. The molecule has 16 heavy (non-hydrogen) atoms. The van der Waals surface area contributed by atoms with Crippen LogP contribution in [-0.4, -0.2) is 21.4 Å². The van der Waals surface area contributed by atoms with Crippen molar-refractivity contribution in [1.82, 2.24) is 14.8 Å². The van der Waals surface area contributed by atoms with E-state index in [0.29, 0.717) is 0 Å². The van der Waals surface area contributed by atoms with Gasteiger partial charge in [-0.3, -0.25) is 4.98 Å². The lowest BCUT2D eigenvalue weighted by atomic mass is 10.2. The molecule has 3 heterocycles. The summed E-state index contributed by atoms with van der Waals surface area (Å²) >= 11 is 0. The third-order valence-electron chi connectivity index (χ3n) is 3.08. The first-order valence-electron chi connectivity index (χ1n) is 5.77. The van der Waals surface area contributed by atoms with Crippen molar-refractivity contribution in [2.45, 2.75) is 32.4 Å². The monoisotopic (exact) mass is 217 g/mol. The Morgan fingerprint density at radius 3 is 3.12 bits per heavy atom. The van der Waals surface area contributed by atoms with Crippen LogP contribution in [0.3, 0.4) is 0 Å². The van der Waals surface area contributed by atoms with E-state index in [1.165, 1.54) is 12.0 Å². The molecule has 4 heteroatoms. The minimum atomic E-state index is 0.0994. The second kappa shape index (κ2) is 3.87. The van der Waals surface area contributed by atoms with Gasteiger partial charge in [-0.2, -0.15) is 5.10 Å². The fraction of sp³-hybridized carbons (Fsp3) is 0.500. The molecule has 0 aromatic carbocycles. The second-order valence-electron chi connectivity index (χ2n) is 4.29. The lowest BCUT2D eigenvalue weighted by Gasteiger charge is -2.22. The highest BCUT2D eigenvalue weighted by Crippen LogP contribution is 2.24. The summed E-state index contributed by atoms with van der Waals surface area (Å²) in [5.41, 5.74) is 3.10. The number of hydrogen-bond donors (Lipinski definition) is 0. The quantitative estimate of drug-likeness (QED) is 0.736. The highest BCUT2D eigenvalue weighted by atomic mass is 16.5. The van der Waals surface area contributed by atoms with Gasteiger partial charge in [-0.25, -0.2) is 4.68 Å². The Morgan fingerprint density at radius 1 is 1.44 bits per heavy atom. The van der Waals surface area contributed by atoms with Gasteiger partial charge in [0.25, 0.3) is 0 Å². The SMILES string of the molecule is Cc1ccnc2cn(C3CCCCO3)nc12. The van der Waals surface area contributed by atoms with Crippen molar-refractivity contribution < 1.29 is 4.74 Å². The minimum Gasteiger partial charge on any atom is -0.357 e. The molecular weight excluding hydrogens is 202 g/mol. The van der Waals surface area contributed by atoms with E-state index in [1.54, 1.807) is 0 Å². The van der Waals surface area contributed by atoms with Crippen molar-refractivity contribution in [3.8, 4) is 0 Å². The standard InChI is InChI=1S/C12H15N3O/c1-9-5-6-13-10-8-15(14-12(9)10)11-4-2-3-7-16-11/h5-6,8,11H,2-4,7H2,1H3. The molecule has 1 saturated heterocycles. The third kappa shape index (κ3) is 1.59. The zero-order valence-corrected chi connectivity index (χ0v) is 9.39. The largest absolute Gasteiger partial charge is 0.357 e. The van der Waals surface area contributed by atoms with E-state index < -0.39 is 0 Å². The molecular formula is C12H15N3O. The van der Waals surface area contributed by atoms with E-state index in [9.17, 15) is 0 Å². The first kappa shape index (κ1) is 9.78. The Balaban J connectivity index is 2.01. The van der Waals surface area contributed by atoms with Gasteiger partial charge in [0, 0.05) is 12.8 Å². The van der Waals surface area contributed by atoms with Gasteiger partial charge in [-0.1, -0.05) is 0 Å². The molecule has 3 rings (SSSR count). The van der Waals surface area contributed by atoms with Crippen molar-refractivity contribution in [3.63, 3.8) is 0 Å². The van der Waals surface area contributed by atoms with Crippen molar-refractivity contribution >= 4 is 11.0 Å². The molecule has 1 aliphatic heterocycles. The molecule has 0 bridgehead atoms. The van der Waals surface area contributed by atoms with Gasteiger partial charge in [-0.05, 0) is 37.8 Å². The summed E-state index contributed by atoms with van der Waals surface area (Å²) in [6.45, 7) is 2.90. The molecule has 0 saturated carbocycles. The molecule has 1 unspecified atom stereocenters. The Labute approximate surface area is 94.2 Å². The number of pyridine rings is 1. The average molecular weight is 217 g/mol. The minimum absolute atomic E-state index is 0.0994. The molecule has 1 aliphatic rings. The third-order valence-corrected chi connectivity index (χ3v) is 3.08. The number of ether oxygens (including phenoxy) is 1. The fourth-order valence-corrected chi connectivity index (χ4v) is 2.15. The summed E-state index contributed by atoms with van der Waals surface area (Å²) in [7, 11) is 0. The van der Waals surface area contributed by atoms with Crippen molar-refractivity contribution in [2.75, 3.05) is 6.61 Å². The van der Waals surface area contributed by atoms with Gasteiger partial charge in [-0.15, -0.1) is 0 Å². The van der Waals surface area contributed by atoms with Crippen LogP contribution >= 0.6 is 0 Å². The maximum absolute atomic E-state index is 5.71. The maximum atomic E-state index is 5.71. The molecule has 0 radical (unpaired) electrons. The smallest absolute Gasteiger partial charge is 0.150 e. The molecule has 1 atom stereocenters. The predicted molar refractivity (Wildman–Crippen MR) is 61.1 cm³/mol. The van der Waals surface area contributed by atoms with E-state index in [1.807, 2.05) is 23.1 Å². The molecule has 0 amide bonds. The van der Waals surface area contributed by atoms with Crippen LogP contribution < -0.4 is 0 Å². The van der Waals surface area contributed by atoms with E-state index in [-0.39, 0.29) is 6.23 Å². The average Bonchev–Trinajstić information content (AvgIpc) is 2.76. The molecule has 2 aromatic heterocycles. The summed E-state index contributed by atoms with van der Waals surface area (Å²) in [6, 6.07) is 1.99. The first-order valence-corrected chi connectivity index (χ1v) is 5.77. The molecule has 0 spiro atoms. The van der Waals surface area contributed by atoms with Gasteiger partial charge < -0.3 is 4.74 Å². The summed E-state index contributed by atoms with van der Waals surface area (Å²) in [6.07, 6.45) is 7.33. The zero-order chi connectivity index (χ0) is 11.0. The Morgan fingerprint density at radius 2 is 2.38 bits per heavy atom. The first-order chi connectivity index (χ1) is 7.84. The zero-order valence-electron chi connectivity index (χ0n) is 9.39. The van der Waals surface area contributed by atoms with Crippen molar-refractivity contribution in [3.05, 3.63) is 24.0 Å². The van der Waals surface area contributed by atoms with E-state index >= 15 is 0 Å². The predicted octanol–water partition coefficient (Wildman–Crippen LogP) is 2.44. The van der Waals surface area contributed by atoms with Gasteiger partial charge in [0.1, 0.15) is 17.3 Å². The molecule has 1 fully saturated rings. The maximum Gasteiger partial charge on any atom is 0.150 e. The topological polar surface area (TPSA) is 39.9 Å². The molecule has 2 aromatic rings. The Kier molecular flexibility index (Phi) is 2.36. The van der Waals surface area contributed by atoms with Gasteiger partial charge in [0.05, 0.1) is 6.20 Å².